The third-order valence-corrected chi connectivity index (χ3v) is 1.87. The van der Waals surface area contributed by atoms with Gasteiger partial charge in [0.25, 0.3) is 0 Å². The van der Waals surface area contributed by atoms with Crippen molar-refractivity contribution in [1.29, 1.82) is 0 Å². The molecule has 3 heteroatoms. The van der Waals surface area contributed by atoms with Crippen molar-refractivity contribution >= 4 is 5.91 Å². The Hall–Kier alpha value is -0.570. The number of hydrogen-bond donors (Lipinski definition) is 1. The molecule has 0 saturated carbocycles. The average molecular weight is 186 g/mol. The first-order chi connectivity index (χ1) is 6.11. The Morgan fingerprint density at radius 1 is 1.46 bits per heavy atom. The molecule has 1 amide bonds. The maximum atomic E-state index is 11.4. The number of nitrogens with zero attached hydrogens (tertiary/aromatic N) is 1. The van der Waals surface area contributed by atoms with Gasteiger partial charge in [-0.15, -0.1) is 0 Å². The molecule has 2 N–H and O–H groups in total. The number of amides is 1. The molecule has 0 aliphatic carbocycles. The van der Waals surface area contributed by atoms with Gasteiger partial charge in [-0.25, -0.2) is 0 Å². The summed E-state index contributed by atoms with van der Waals surface area (Å²) < 4.78 is 0. The SMILES string of the molecule is CCC(=O)N(CCCN)CC(C)C. The van der Waals surface area contributed by atoms with Crippen LogP contribution in [0.5, 0.6) is 0 Å². The summed E-state index contributed by atoms with van der Waals surface area (Å²) in [6.07, 6.45) is 1.50. The first-order valence-corrected chi connectivity index (χ1v) is 5.09. The van der Waals surface area contributed by atoms with E-state index in [4.69, 9.17) is 5.73 Å². The summed E-state index contributed by atoms with van der Waals surface area (Å²) in [6.45, 7) is 8.47. The summed E-state index contributed by atoms with van der Waals surface area (Å²) in [6, 6.07) is 0. The minimum atomic E-state index is 0.238. The smallest absolute Gasteiger partial charge is 0.222 e. The molecule has 13 heavy (non-hydrogen) atoms. The van der Waals surface area contributed by atoms with Gasteiger partial charge in [0, 0.05) is 19.5 Å². The van der Waals surface area contributed by atoms with Gasteiger partial charge in [-0.3, -0.25) is 4.79 Å². The van der Waals surface area contributed by atoms with Gasteiger partial charge in [0.2, 0.25) is 5.91 Å². The lowest BCUT2D eigenvalue weighted by atomic mass is 10.2. The highest BCUT2D eigenvalue weighted by molar-refractivity contribution is 5.75. The van der Waals surface area contributed by atoms with Crippen molar-refractivity contribution < 1.29 is 4.79 Å². The molecule has 78 valence electrons. The molecule has 0 fully saturated rings. The number of nitrogens with two attached hydrogens (primary N) is 1. The predicted octanol–water partition coefficient (Wildman–Crippen LogP) is 1.23. The average Bonchev–Trinajstić information content (AvgIpc) is 2.10. The van der Waals surface area contributed by atoms with Crippen molar-refractivity contribution in [2.45, 2.75) is 33.6 Å². The van der Waals surface area contributed by atoms with E-state index in [1.54, 1.807) is 0 Å². The van der Waals surface area contributed by atoms with Crippen LogP contribution in [0.25, 0.3) is 0 Å². The third kappa shape index (κ3) is 5.64. The first-order valence-electron chi connectivity index (χ1n) is 5.09. The van der Waals surface area contributed by atoms with Gasteiger partial charge in [-0.2, -0.15) is 0 Å². The van der Waals surface area contributed by atoms with Crippen molar-refractivity contribution in [2.24, 2.45) is 11.7 Å². The van der Waals surface area contributed by atoms with E-state index in [1.165, 1.54) is 0 Å². The number of rotatable bonds is 6. The Balaban J connectivity index is 3.94. The number of carbonyl (C=O) groups is 1. The van der Waals surface area contributed by atoms with Gasteiger partial charge < -0.3 is 10.6 Å². The highest BCUT2D eigenvalue weighted by Crippen LogP contribution is 2.02. The van der Waals surface area contributed by atoms with Crippen molar-refractivity contribution in [3.63, 3.8) is 0 Å². The highest BCUT2D eigenvalue weighted by Gasteiger charge is 2.11. The van der Waals surface area contributed by atoms with E-state index in [2.05, 4.69) is 13.8 Å². The summed E-state index contributed by atoms with van der Waals surface area (Å²) >= 11 is 0. The van der Waals surface area contributed by atoms with Gasteiger partial charge in [-0.1, -0.05) is 20.8 Å². The van der Waals surface area contributed by atoms with Crippen LogP contribution in [-0.4, -0.2) is 30.4 Å². The fourth-order valence-electron chi connectivity index (χ4n) is 1.26. The van der Waals surface area contributed by atoms with Gasteiger partial charge in [0.1, 0.15) is 0 Å². The second-order valence-corrected chi connectivity index (χ2v) is 3.73. The summed E-state index contributed by atoms with van der Waals surface area (Å²) in [7, 11) is 0. The molecule has 0 aromatic heterocycles. The van der Waals surface area contributed by atoms with Crippen molar-refractivity contribution in [3.05, 3.63) is 0 Å². The van der Waals surface area contributed by atoms with Crippen LogP contribution in [0.4, 0.5) is 0 Å². The van der Waals surface area contributed by atoms with Crippen LogP contribution in [0.1, 0.15) is 33.6 Å². The molecule has 0 atom stereocenters. The van der Waals surface area contributed by atoms with E-state index in [1.807, 2.05) is 11.8 Å². The molecule has 0 radical (unpaired) electrons. The Kier molecular flexibility index (Phi) is 6.59. The molecular weight excluding hydrogens is 164 g/mol. The fraction of sp³-hybridized carbons (Fsp3) is 0.900. The van der Waals surface area contributed by atoms with E-state index >= 15 is 0 Å². The zero-order valence-electron chi connectivity index (χ0n) is 9.05. The zero-order chi connectivity index (χ0) is 10.3. The lowest BCUT2D eigenvalue weighted by Gasteiger charge is -2.23. The van der Waals surface area contributed by atoms with Crippen molar-refractivity contribution in [2.75, 3.05) is 19.6 Å². The van der Waals surface area contributed by atoms with Gasteiger partial charge in [-0.05, 0) is 18.9 Å². The predicted molar refractivity (Wildman–Crippen MR) is 55.4 cm³/mol. The molecule has 0 aliphatic rings. The summed E-state index contributed by atoms with van der Waals surface area (Å²) in [5, 5.41) is 0. The van der Waals surface area contributed by atoms with Crippen LogP contribution in [0.3, 0.4) is 0 Å². The molecule has 0 aromatic rings. The van der Waals surface area contributed by atoms with Crippen molar-refractivity contribution in [1.82, 2.24) is 4.90 Å². The zero-order valence-corrected chi connectivity index (χ0v) is 9.05. The maximum Gasteiger partial charge on any atom is 0.222 e. The van der Waals surface area contributed by atoms with E-state index in [0.29, 0.717) is 18.9 Å². The molecule has 0 aliphatic heterocycles. The molecule has 0 saturated heterocycles. The standard InChI is InChI=1S/C10H22N2O/c1-4-10(13)12(7-5-6-11)8-9(2)3/h9H,4-8,11H2,1-3H3. The minimum absolute atomic E-state index is 0.238. The molecule has 0 unspecified atom stereocenters. The quantitative estimate of drug-likeness (QED) is 0.678. The van der Waals surface area contributed by atoms with Gasteiger partial charge >= 0.3 is 0 Å². The van der Waals surface area contributed by atoms with E-state index < -0.39 is 0 Å². The van der Waals surface area contributed by atoms with Crippen LogP contribution in [0.15, 0.2) is 0 Å². The van der Waals surface area contributed by atoms with Crippen LogP contribution >= 0.6 is 0 Å². The number of hydrogen-bond acceptors (Lipinski definition) is 2. The Morgan fingerprint density at radius 2 is 2.08 bits per heavy atom. The largest absolute Gasteiger partial charge is 0.342 e. The summed E-state index contributed by atoms with van der Waals surface area (Å²) in [5.41, 5.74) is 5.41. The summed E-state index contributed by atoms with van der Waals surface area (Å²) in [5.74, 6) is 0.774. The minimum Gasteiger partial charge on any atom is -0.342 e. The van der Waals surface area contributed by atoms with Crippen LogP contribution in [-0.2, 0) is 4.79 Å². The second-order valence-electron chi connectivity index (χ2n) is 3.73. The third-order valence-electron chi connectivity index (χ3n) is 1.87. The highest BCUT2D eigenvalue weighted by atomic mass is 16.2. The molecule has 0 aromatic carbocycles. The Bertz CT molecular complexity index is 146. The Labute approximate surface area is 81.3 Å². The van der Waals surface area contributed by atoms with Crippen molar-refractivity contribution in [3.8, 4) is 0 Å². The normalized spacial score (nSPS) is 10.5. The van der Waals surface area contributed by atoms with E-state index in [-0.39, 0.29) is 5.91 Å². The molecule has 0 spiro atoms. The fourth-order valence-corrected chi connectivity index (χ4v) is 1.26. The molecule has 0 rings (SSSR count). The van der Waals surface area contributed by atoms with Crippen LogP contribution in [0, 0.1) is 5.92 Å². The van der Waals surface area contributed by atoms with Crippen LogP contribution in [0.2, 0.25) is 0 Å². The van der Waals surface area contributed by atoms with E-state index in [9.17, 15) is 4.79 Å². The van der Waals surface area contributed by atoms with Gasteiger partial charge in [0.15, 0.2) is 0 Å². The molecular formula is C10H22N2O. The topological polar surface area (TPSA) is 46.3 Å². The molecule has 0 heterocycles. The molecule has 3 nitrogen and oxygen atoms in total. The molecule has 0 bridgehead atoms. The Morgan fingerprint density at radius 3 is 2.46 bits per heavy atom. The number of carbonyl (C=O) groups excluding carboxylic acids is 1. The van der Waals surface area contributed by atoms with Crippen LogP contribution < -0.4 is 5.73 Å². The summed E-state index contributed by atoms with van der Waals surface area (Å²) in [4.78, 5) is 13.4. The lowest BCUT2D eigenvalue weighted by molar-refractivity contribution is -0.131. The van der Waals surface area contributed by atoms with E-state index in [0.717, 1.165) is 19.5 Å². The van der Waals surface area contributed by atoms with Gasteiger partial charge in [0.05, 0.1) is 0 Å². The second kappa shape index (κ2) is 6.89. The first kappa shape index (κ1) is 12.4. The maximum absolute atomic E-state index is 11.4. The lowest BCUT2D eigenvalue weighted by Crippen LogP contribution is -2.35. The monoisotopic (exact) mass is 186 g/mol.